The normalized spacial score (nSPS) is 14.9. The summed E-state index contributed by atoms with van der Waals surface area (Å²) in [5.74, 6) is -2.26. The average molecular weight is 1040 g/mol. The van der Waals surface area contributed by atoms with Gasteiger partial charge in [0, 0.05) is 6.61 Å². The van der Waals surface area contributed by atoms with Crippen molar-refractivity contribution in [1.29, 1.82) is 0 Å². The van der Waals surface area contributed by atoms with Crippen LogP contribution in [-0.2, 0) is 52.3 Å². The van der Waals surface area contributed by atoms with Crippen molar-refractivity contribution < 1.29 is 86.2 Å². The van der Waals surface area contributed by atoms with Crippen molar-refractivity contribution in [1.82, 2.24) is 14.7 Å². The molecule has 0 aromatic rings. The number of carbonyl (C=O) groups excluding carboxylic acids is 5. The van der Waals surface area contributed by atoms with Crippen LogP contribution in [0.15, 0.2) is 0 Å². The first-order chi connectivity index (χ1) is 34.0. The molecular formula is C55H104LiN3O14-2. The van der Waals surface area contributed by atoms with E-state index in [2.05, 4.69) is 34.6 Å². The van der Waals surface area contributed by atoms with Crippen LogP contribution < -0.4 is 18.9 Å². The molecular weight excluding hydrogens is 934 g/mol. The summed E-state index contributed by atoms with van der Waals surface area (Å²) < 4.78 is 38.8. The Bertz CT molecular complexity index is 1300. The van der Waals surface area contributed by atoms with Crippen LogP contribution in [0.3, 0.4) is 0 Å². The Hall–Kier alpha value is -2.49. The number of rotatable bonds is 47. The van der Waals surface area contributed by atoms with E-state index in [1.807, 2.05) is 0 Å². The summed E-state index contributed by atoms with van der Waals surface area (Å²) in [6.07, 6.45) is 22.5. The minimum Gasteiger partial charge on any atom is -0.483 e. The second-order valence-corrected chi connectivity index (χ2v) is 18.8. The molecule has 1 aliphatic rings. The van der Waals surface area contributed by atoms with Gasteiger partial charge in [-0.1, -0.05) is 156 Å². The Morgan fingerprint density at radius 3 is 1.15 bits per heavy atom. The molecule has 4 atom stereocenters. The Morgan fingerprint density at radius 1 is 0.466 bits per heavy atom. The van der Waals surface area contributed by atoms with Gasteiger partial charge in [0.25, 0.3) is 0 Å². The van der Waals surface area contributed by atoms with Crippen molar-refractivity contribution in [2.75, 3.05) is 85.5 Å². The van der Waals surface area contributed by atoms with Gasteiger partial charge in [0.05, 0.1) is 77.8 Å². The largest absolute Gasteiger partial charge is 1.00 e. The van der Waals surface area contributed by atoms with E-state index in [1.54, 1.807) is 0 Å². The first-order valence-electron chi connectivity index (χ1n) is 27.4. The van der Waals surface area contributed by atoms with E-state index in [1.165, 1.54) is 40.4 Å². The number of esters is 4. The zero-order valence-electron chi connectivity index (χ0n) is 47.2. The number of aliphatic hydroxyl groups excluding tert-OH is 2. The van der Waals surface area contributed by atoms with Gasteiger partial charge in [-0.3, -0.25) is 33.9 Å². The van der Waals surface area contributed by atoms with E-state index in [0.717, 1.165) is 128 Å². The smallest absolute Gasteiger partial charge is 0.483 e. The molecule has 1 aliphatic heterocycles. The standard InChI is InChI=1S/C53H98N3O14.2CH3.Li/c1-6-11-15-19-23-27-33-65-47(57)37-54(38-48(58)66-34-28-24-20-16-12-7-2)41-51(61)69-43-45-31-32-46(56(45)53(63)64-10-5)44-70-52(62)42-55(39-49(59)67-35-29-25-21-17-13-8-3)40-50(60)68-36-30-26-22-18-14-9-4;;;/h45-47,52,57,62H,5-44H2,1-4H3;2*1H3;/q3*-1;+1/t45-,46+,47?,52?;;;/m0.../s1. The van der Waals surface area contributed by atoms with Crippen molar-refractivity contribution in [2.45, 2.75) is 219 Å². The third-order valence-electron chi connectivity index (χ3n) is 12.3. The van der Waals surface area contributed by atoms with Gasteiger partial charge in [0.1, 0.15) is 6.61 Å². The van der Waals surface area contributed by atoms with Crippen LogP contribution in [0.2, 0.25) is 0 Å². The summed E-state index contributed by atoms with van der Waals surface area (Å²) in [6, 6.07) is -1.18. The first kappa shape index (κ1) is 74.7. The molecule has 0 aromatic carbocycles. The first-order valence-corrected chi connectivity index (χ1v) is 27.4. The average Bonchev–Trinajstić information content (AvgIpc) is 3.74. The fraction of sp³-hybridized carbons (Fsp3) is 0.855. The molecule has 1 saturated heterocycles. The van der Waals surface area contributed by atoms with Gasteiger partial charge in [-0.25, -0.2) is 4.79 Å². The van der Waals surface area contributed by atoms with E-state index < -0.39 is 54.6 Å². The molecule has 17 nitrogen and oxygen atoms in total. The number of hydrogen-bond donors (Lipinski definition) is 2. The number of hydrogen-bond acceptors (Lipinski definition) is 16. The number of carbonyl (C=O) groups is 5. The number of unbranched alkanes of at least 4 members (excludes halogenated alkanes) is 20. The third-order valence-corrected chi connectivity index (χ3v) is 12.3. The van der Waals surface area contributed by atoms with Crippen LogP contribution in [0.4, 0.5) is 4.79 Å². The van der Waals surface area contributed by atoms with Gasteiger partial charge in [0.2, 0.25) is 0 Å². The van der Waals surface area contributed by atoms with Gasteiger partial charge in [0.15, 0.2) is 12.6 Å². The van der Waals surface area contributed by atoms with E-state index in [0.29, 0.717) is 19.4 Å². The number of aliphatic hydroxyl groups is 2. The zero-order valence-corrected chi connectivity index (χ0v) is 47.2. The van der Waals surface area contributed by atoms with Crippen molar-refractivity contribution >= 4 is 30.0 Å². The Morgan fingerprint density at radius 2 is 0.781 bits per heavy atom. The molecule has 1 fully saturated rings. The van der Waals surface area contributed by atoms with Gasteiger partial charge in [-0.05, 0) is 45.1 Å². The zero-order chi connectivity index (χ0) is 51.5. The number of amides is 1. The maximum Gasteiger partial charge on any atom is 1.00 e. The predicted octanol–water partition coefficient (Wildman–Crippen LogP) is 6.58. The molecule has 0 radical (unpaired) electrons. The molecule has 426 valence electrons. The van der Waals surface area contributed by atoms with Crippen molar-refractivity contribution in [3.8, 4) is 0 Å². The molecule has 2 unspecified atom stereocenters. The molecule has 0 saturated carbocycles. The minimum absolute atomic E-state index is 0. The number of likely N-dealkylation sites (tertiary alicyclic amines) is 1. The van der Waals surface area contributed by atoms with Gasteiger partial charge in [-0.15, -0.1) is 0 Å². The van der Waals surface area contributed by atoms with Gasteiger partial charge >= 0.3 is 48.8 Å². The number of ether oxygens (including phenoxy) is 7. The number of nitrogens with zero attached hydrogens (tertiary/aromatic N) is 3. The van der Waals surface area contributed by atoms with Crippen LogP contribution in [0.25, 0.3) is 0 Å². The molecule has 73 heavy (non-hydrogen) atoms. The topological polar surface area (TPSA) is 200 Å². The summed E-state index contributed by atoms with van der Waals surface area (Å²) in [4.78, 5) is 69.5. The Kier molecular flexibility index (Phi) is 52.8. The van der Waals surface area contributed by atoms with Gasteiger partial charge in [-0.2, -0.15) is 0 Å². The molecule has 0 bridgehead atoms. The van der Waals surface area contributed by atoms with E-state index in [9.17, 15) is 34.2 Å². The molecule has 1 rings (SSSR count). The summed E-state index contributed by atoms with van der Waals surface area (Å²) in [7, 11) is 0. The van der Waals surface area contributed by atoms with Gasteiger partial charge < -0.3 is 65.1 Å². The van der Waals surface area contributed by atoms with Crippen molar-refractivity contribution in [2.24, 2.45) is 0 Å². The molecule has 0 aromatic heterocycles. The molecule has 1 amide bonds. The van der Waals surface area contributed by atoms with Crippen LogP contribution in [0, 0.1) is 21.8 Å². The van der Waals surface area contributed by atoms with Crippen molar-refractivity contribution in [3.63, 3.8) is 0 Å². The van der Waals surface area contributed by atoms with Crippen LogP contribution in [0.1, 0.15) is 195 Å². The maximum absolute atomic E-state index is 13.3. The third kappa shape index (κ3) is 41.4. The van der Waals surface area contributed by atoms with Crippen molar-refractivity contribution in [3.05, 3.63) is 21.8 Å². The molecule has 0 aliphatic carbocycles. The summed E-state index contributed by atoms with van der Waals surface area (Å²) in [6.45, 7) is 11.5. The van der Waals surface area contributed by atoms with E-state index in [4.69, 9.17) is 33.2 Å². The second kappa shape index (κ2) is 51.6. The molecule has 18 heteroatoms. The monoisotopic (exact) mass is 1040 g/mol. The van der Waals surface area contributed by atoms with Crippen LogP contribution in [-0.4, -0.2) is 165 Å². The quantitative estimate of drug-likeness (QED) is 0.0165. The Balaban J connectivity index is -0.0000163. The van der Waals surface area contributed by atoms with E-state index >= 15 is 0 Å². The van der Waals surface area contributed by atoms with E-state index in [-0.39, 0.29) is 113 Å². The molecule has 1 heterocycles. The SMILES string of the molecule is [CH2-]COC(=O)N1[C@@H](COC(O)CN(CC(=O)OCCCCCCCC)CC(=O)OCCCCCCCC)CC[C@H]1COC(=O)CN(CC(=O)OCCCCCCCC)CC(O)OCCCCCCCC.[CH3-].[CH3-].[Li+]. The predicted molar refractivity (Wildman–Crippen MR) is 282 cm³/mol. The van der Waals surface area contributed by atoms with Crippen LogP contribution >= 0.6 is 0 Å². The Labute approximate surface area is 455 Å². The fourth-order valence-corrected chi connectivity index (χ4v) is 8.30. The molecule has 2 N–H and O–H groups in total. The molecule has 0 spiro atoms. The maximum atomic E-state index is 13.3. The summed E-state index contributed by atoms with van der Waals surface area (Å²) in [5, 5.41) is 21.8. The summed E-state index contributed by atoms with van der Waals surface area (Å²) in [5.41, 5.74) is 0. The van der Waals surface area contributed by atoms with Crippen LogP contribution in [0.5, 0.6) is 0 Å². The second-order valence-electron chi connectivity index (χ2n) is 18.8. The summed E-state index contributed by atoms with van der Waals surface area (Å²) >= 11 is 0. The fourth-order valence-electron chi connectivity index (χ4n) is 8.30. The minimum atomic E-state index is -1.45.